The van der Waals surface area contributed by atoms with Gasteiger partial charge in [0, 0.05) is 18.4 Å². The van der Waals surface area contributed by atoms with Crippen LogP contribution in [0.4, 0.5) is 13.2 Å². The summed E-state index contributed by atoms with van der Waals surface area (Å²) in [6.07, 6.45) is -4.02. The van der Waals surface area contributed by atoms with Crippen LogP contribution in [0.15, 0.2) is 18.2 Å². The number of fused-ring (bicyclic) bond motifs is 1. The maximum atomic E-state index is 12.6. The number of aryl methyl sites for hydroxylation is 1. The normalized spacial score (nSPS) is 12.1. The summed E-state index contributed by atoms with van der Waals surface area (Å²) in [5.41, 5.74) is 0.905. The first kappa shape index (κ1) is 14.0. The van der Waals surface area contributed by atoms with E-state index in [1.807, 2.05) is 0 Å². The molecule has 0 atom stereocenters. The summed E-state index contributed by atoms with van der Waals surface area (Å²) in [5, 5.41) is 0. The molecule has 1 heterocycles. The van der Waals surface area contributed by atoms with Crippen molar-refractivity contribution in [2.24, 2.45) is 0 Å². The first-order chi connectivity index (χ1) is 8.94. The van der Waals surface area contributed by atoms with Gasteiger partial charge in [-0.2, -0.15) is 13.2 Å². The summed E-state index contributed by atoms with van der Waals surface area (Å²) >= 11 is 5.61. The molecule has 0 aliphatic carbocycles. The topological polar surface area (TPSA) is 27.1 Å². The standard InChI is InChI=1S/C12H12ClF3N2O/c1-19-8-2-3-9-10(6-8)18(7-12(14,15)16)11(17-9)4-5-13/h2-3,6H,4-5,7H2,1H3. The molecule has 0 fully saturated rings. The summed E-state index contributed by atoms with van der Waals surface area (Å²) in [7, 11) is 1.46. The number of benzene rings is 1. The first-order valence-electron chi connectivity index (χ1n) is 5.60. The average Bonchev–Trinajstić information content (AvgIpc) is 2.65. The van der Waals surface area contributed by atoms with Gasteiger partial charge in [0.2, 0.25) is 0 Å². The van der Waals surface area contributed by atoms with Crippen molar-refractivity contribution in [3.8, 4) is 5.75 Å². The number of hydrogen-bond donors (Lipinski definition) is 0. The second-order valence-electron chi connectivity index (χ2n) is 4.02. The summed E-state index contributed by atoms with van der Waals surface area (Å²) < 4.78 is 44.1. The van der Waals surface area contributed by atoms with Crippen LogP contribution in [-0.4, -0.2) is 28.7 Å². The largest absolute Gasteiger partial charge is 0.497 e. The Morgan fingerprint density at radius 2 is 2.11 bits per heavy atom. The van der Waals surface area contributed by atoms with Crippen LogP contribution in [0.25, 0.3) is 11.0 Å². The molecular formula is C12H12ClF3N2O. The number of halogens is 4. The van der Waals surface area contributed by atoms with Crippen LogP contribution < -0.4 is 4.74 Å². The van der Waals surface area contributed by atoms with E-state index in [0.29, 0.717) is 22.6 Å². The zero-order valence-corrected chi connectivity index (χ0v) is 10.9. The molecule has 19 heavy (non-hydrogen) atoms. The van der Waals surface area contributed by atoms with Crippen LogP contribution in [0.3, 0.4) is 0 Å². The van der Waals surface area contributed by atoms with Crippen molar-refractivity contribution in [2.45, 2.75) is 19.1 Å². The van der Waals surface area contributed by atoms with Crippen molar-refractivity contribution in [3.63, 3.8) is 0 Å². The van der Waals surface area contributed by atoms with Gasteiger partial charge in [-0.1, -0.05) is 0 Å². The van der Waals surface area contributed by atoms with E-state index in [9.17, 15) is 13.2 Å². The Balaban J connectivity index is 2.56. The third-order valence-electron chi connectivity index (χ3n) is 2.69. The lowest BCUT2D eigenvalue weighted by molar-refractivity contribution is -0.140. The lowest BCUT2D eigenvalue weighted by Gasteiger charge is -2.11. The fraction of sp³-hybridized carbons (Fsp3) is 0.417. The van der Waals surface area contributed by atoms with E-state index in [1.165, 1.54) is 7.11 Å². The van der Waals surface area contributed by atoms with Crippen molar-refractivity contribution in [3.05, 3.63) is 24.0 Å². The molecule has 0 saturated heterocycles. The Kier molecular flexibility index (Phi) is 3.89. The van der Waals surface area contributed by atoms with Gasteiger partial charge >= 0.3 is 6.18 Å². The van der Waals surface area contributed by atoms with Crippen LogP contribution in [0.1, 0.15) is 5.82 Å². The van der Waals surface area contributed by atoms with Gasteiger partial charge in [-0.15, -0.1) is 11.6 Å². The van der Waals surface area contributed by atoms with Gasteiger partial charge in [-0.3, -0.25) is 0 Å². The maximum absolute atomic E-state index is 12.6. The van der Waals surface area contributed by atoms with Gasteiger partial charge < -0.3 is 9.30 Å². The van der Waals surface area contributed by atoms with Crippen molar-refractivity contribution in [1.82, 2.24) is 9.55 Å². The predicted octanol–water partition coefficient (Wildman–Crippen LogP) is 3.39. The average molecular weight is 293 g/mol. The molecule has 0 radical (unpaired) electrons. The molecule has 2 aromatic rings. The third-order valence-corrected chi connectivity index (χ3v) is 2.88. The minimum absolute atomic E-state index is 0.221. The Bertz CT molecular complexity index is 580. The molecule has 0 aliphatic rings. The molecule has 7 heteroatoms. The summed E-state index contributed by atoms with van der Waals surface area (Å²) in [4.78, 5) is 4.18. The van der Waals surface area contributed by atoms with Gasteiger partial charge in [-0.25, -0.2) is 4.98 Å². The minimum Gasteiger partial charge on any atom is -0.497 e. The van der Waals surface area contributed by atoms with Crippen molar-refractivity contribution in [2.75, 3.05) is 13.0 Å². The van der Waals surface area contributed by atoms with Gasteiger partial charge in [-0.05, 0) is 12.1 Å². The Morgan fingerprint density at radius 1 is 1.37 bits per heavy atom. The van der Waals surface area contributed by atoms with Crippen LogP contribution in [0.5, 0.6) is 5.75 Å². The highest BCUT2D eigenvalue weighted by Gasteiger charge is 2.30. The van der Waals surface area contributed by atoms with E-state index in [4.69, 9.17) is 16.3 Å². The summed E-state index contributed by atoms with van der Waals surface area (Å²) in [5.74, 6) is 1.04. The lowest BCUT2D eigenvalue weighted by Crippen LogP contribution is -2.19. The fourth-order valence-corrected chi connectivity index (χ4v) is 2.08. The van der Waals surface area contributed by atoms with E-state index < -0.39 is 12.7 Å². The second kappa shape index (κ2) is 5.28. The molecule has 0 aliphatic heterocycles. The molecular weight excluding hydrogens is 281 g/mol. The molecule has 0 N–H and O–H groups in total. The zero-order valence-electron chi connectivity index (χ0n) is 10.2. The number of aromatic nitrogens is 2. The summed E-state index contributed by atoms with van der Waals surface area (Å²) in [6, 6.07) is 4.85. The number of nitrogens with zero attached hydrogens (tertiary/aromatic N) is 2. The van der Waals surface area contributed by atoms with E-state index in [-0.39, 0.29) is 12.3 Å². The number of hydrogen-bond acceptors (Lipinski definition) is 2. The highest BCUT2D eigenvalue weighted by Crippen LogP contribution is 2.26. The molecule has 0 unspecified atom stereocenters. The quantitative estimate of drug-likeness (QED) is 0.808. The Labute approximate surface area is 112 Å². The van der Waals surface area contributed by atoms with E-state index >= 15 is 0 Å². The van der Waals surface area contributed by atoms with Gasteiger partial charge in [0.05, 0.1) is 18.1 Å². The molecule has 0 bridgehead atoms. The van der Waals surface area contributed by atoms with Crippen LogP contribution in [0, 0.1) is 0 Å². The SMILES string of the molecule is COc1ccc2nc(CCCl)n(CC(F)(F)F)c2c1. The highest BCUT2D eigenvalue weighted by molar-refractivity contribution is 6.17. The van der Waals surface area contributed by atoms with E-state index in [2.05, 4.69) is 4.98 Å². The number of ether oxygens (including phenoxy) is 1. The monoisotopic (exact) mass is 292 g/mol. The number of imidazole rings is 1. The molecule has 104 valence electrons. The van der Waals surface area contributed by atoms with Crippen LogP contribution in [-0.2, 0) is 13.0 Å². The molecule has 1 aromatic carbocycles. The molecule has 0 spiro atoms. The van der Waals surface area contributed by atoms with Crippen LogP contribution >= 0.6 is 11.6 Å². The maximum Gasteiger partial charge on any atom is 0.406 e. The van der Waals surface area contributed by atoms with Gasteiger partial charge in [0.1, 0.15) is 18.1 Å². The first-order valence-corrected chi connectivity index (χ1v) is 6.14. The molecule has 3 nitrogen and oxygen atoms in total. The zero-order chi connectivity index (χ0) is 14.0. The Hall–Kier alpha value is -1.43. The number of rotatable bonds is 4. The van der Waals surface area contributed by atoms with Crippen LogP contribution in [0.2, 0.25) is 0 Å². The summed E-state index contributed by atoms with van der Waals surface area (Å²) in [6.45, 7) is -1.08. The third kappa shape index (κ3) is 3.12. The second-order valence-corrected chi connectivity index (χ2v) is 4.40. The molecule has 0 saturated carbocycles. The number of methoxy groups -OCH3 is 1. The predicted molar refractivity (Wildman–Crippen MR) is 66.8 cm³/mol. The van der Waals surface area contributed by atoms with Gasteiger partial charge in [0.15, 0.2) is 0 Å². The van der Waals surface area contributed by atoms with Crippen molar-refractivity contribution in [1.29, 1.82) is 0 Å². The lowest BCUT2D eigenvalue weighted by atomic mass is 10.3. The van der Waals surface area contributed by atoms with E-state index in [0.717, 1.165) is 4.57 Å². The molecule has 2 rings (SSSR count). The highest BCUT2D eigenvalue weighted by atomic mass is 35.5. The minimum atomic E-state index is -4.31. The number of alkyl halides is 4. The van der Waals surface area contributed by atoms with Crippen molar-refractivity contribution < 1.29 is 17.9 Å². The molecule has 1 aromatic heterocycles. The van der Waals surface area contributed by atoms with E-state index in [1.54, 1.807) is 18.2 Å². The Morgan fingerprint density at radius 3 is 2.68 bits per heavy atom. The molecule has 0 amide bonds. The van der Waals surface area contributed by atoms with Crippen molar-refractivity contribution >= 4 is 22.6 Å². The van der Waals surface area contributed by atoms with Gasteiger partial charge in [0.25, 0.3) is 0 Å². The smallest absolute Gasteiger partial charge is 0.406 e. The fourth-order valence-electron chi connectivity index (χ4n) is 1.91.